The molecule has 1 aliphatic carbocycles. The summed E-state index contributed by atoms with van der Waals surface area (Å²) in [7, 11) is 1.37. The molecule has 10 nitrogen and oxygen atoms in total. The first-order valence-corrected chi connectivity index (χ1v) is 11.8. The van der Waals surface area contributed by atoms with Gasteiger partial charge in [-0.25, -0.2) is 4.79 Å². The number of ether oxygens (including phenoxy) is 5. The maximum atomic E-state index is 12.4. The summed E-state index contributed by atoms with van der Waals surface area (Å²) in [4.78, 5) is 58.3. The molecule has 0 aromatic heterocycles. The van der Waals surface area contributed by atoms with E-state index in [-0.39, 0.29) is 56.4 Å². The van der Waals surface area contributed by atoms with Gasteiger partial charge in [-0.1, -0.05) is 18.7 Å². The van der Waals surface area contributed by atoms with E-state index in [1.54, 1.807) is 24.3 Å². The van der Waals surface area contributed by atoms with E-state index in [9.17, 15) is 24.0 Å². The minimum atomic E-state index is -0.610. The average Bonchev–Trinajstić information content (AvgIpc) is 2.90. The van der Waals surface area contributed by atoms with Gasteiger partial charge in [-0.05, 0) is 43.4 Å². The molecular weight excluding hydrogens is 472 g/mol. The molecule has 0 unspecified atom stereocenters. The van der Waals surface area contributed by atoms with Gasteiger partial charge >= 0.3 is 29.8 Å². The number of carbonyl (C=O) groups is 5. The second-order valence-electron chi connectivity index (χ2n) is 8.20. The Morgan fingerprint density at radius 3 is 1.89 bits per heavy atom. The van der Waals surface area contributed by atoms with Crippen LogP contribution in [0, 0.1) is 11.8 Å². The zero-order valence-electron chi connectivity index (χ0n) is 20.4. The number of rotatable bonds is 13. The van der Waals surface area contributed by atoms with Gasteiger partial charge in [0, 0.05) is 12.5 Å². The molecule has 1 fully saturated rings. The zero-order chi connectivity index (χ0) is 26.3. The summed E-state index contributed by atoms with van der Waals surface area (Å²) in [6.07, 6.45) is 3.59. The lowest BCUT2D eigenvalue weighted by atomic mass is 9.82. The highest BCUT2D eigenvalue weighted by Gasteiger charge is 2.31. The summed E-state index contributed by atoms with van der Waals surface area (Å²) in [6.45, 7) is 3.19. The van der Waals surface area contributed by atoms with Crippen LogP contribution in [0.2, 0.25) is 0 Å². The number of hydrogen-bond donors (Lipinski definition) is 0. The Labute approximate surface area is 209 Å². The molecule has 36 heavy (non-hydrogen) atoms. The van der Waals surface area contributed by atoms with Crippen molar-refractivity contribution in [2.24, 2.45) is 11.8 Å². The molecule has 1 aliphatic rings. The first kappa shape index (κ1) is 28.5. The van der Waals surface area contributed by atoms with Crippen molar-refractivity contribution in [3.8, 4) is 5.75 Å². The second kappa shape index (κ2) is 15.3. The standard InChI is InChI=1S/C26H32O10/c1-3-22(27)34-16-17-35-24(29)13-12-23(28)33-15-14-18-4-10-21(11-5-18)36-26(31)20-8-6-19(7-9-20)25(30)32-2/h3-5,10-11,19-20H,1,6-9,12-17H2,2H3. The lowest BCUT2D eigenvalue weighted by Gasteiger charge is -2.25. The number of esters is 5. The monoisotopic (exact) mass is 504 g/mol. The van der Waals surface area contributed by atoms with Crippen LogP contribution in [0.1, 0.15) is 44.1 Å². The van der Waals surface area contributed by atoms with Crippen molar-refractivity contribution in [2.75, 3.05) is 26.9 Å². The Kier molecular flexibility index (Phi) is 12.2. The fourth-order valence-corrected chi connectivity index (χ4v) is 3.64. The van der Waals surface area contributed by atoms with Gasteiger partial charge in [0.05, 0.1) is 38.4 Å². The number of hydrogen-bond acceptors (Lipinski definition) is 10. The predicted molar refractivity (Wildman–Crippen MR) is 126 cm³/mol. The molecule has 0 aliphatic heterocycles. The number of benzene rings is 1. The molecule has 0 saturated heterocycles. The summed E-state index contributed by atoms with van der Waals surface area (Å²) in [6, 6.07) is 6.91. The van der Waals surface area contributed by atoms with Crippen LogP contribution in [-0.2, 0) is 49.3 Å². The Morgan fingerprint density at radius 1 is 0.806 bits per heavy atom. The van der Waals surface area contributed by atoms with E-state index in [0.717, 1.165) is 11.6 Å². The number of carbonyl (C=O) groups excluding carboxylic acids is 5. The first-order chi connectivity index (χ1) is 17.3. The van der Waals surface area contributed by atoms with Crippen molar-refractivity contribution in [3.63, 3.8) is 0 Å². The molecule has 1 aromatic rings. The average molecular weight is 505 g/mol. The van der Waals surface area contributed by atoms with E-state index >= 15 is 0 Å². The highest BCUT2D eigenvalue weighted by atomic mass is 16.6. The lowest BCUT2D eigenvalue weighted by molar-refractivity contribution is -0.152. The minimum Gasteiger partial charge on any atom is -0.469 e. The maximum absolute atomic E-state index is 12.4. The molecule has 0 N–H and O–H groups in total. The summed E-state index contributed by atoms with van der Waals surface area (Å²) in [5.74, 6) is -2.24. The van der Waals surface area contributed by atoms with Crippen molar-refractivity contribution in [3.05, 3.63) is 42.5 Å². The highest BCUT2D eigenvalue weighted by molar-refractivity contribution is 5.81. The van der Waals surface area contributed by atoms with Crippen LogP contribution in [0.5, 0.6) is 5.75 Å². The van der Waals surface area contributed by atoms with Crippen molar-refractivity contribution in [1.82, 2.24) is 0 Å². The molecule has 1 aromatic carbocycles. The Morgan fingerprint density at radius 2 is 1.33 bits per heavy atom. The zero-order valence-corrected chi connectivity index (χ0v) is 20.4. The fourth-order valence-electron chi connectivity index (χ4n) is 3.64. The van der Waals surface area contributed by atoms with E-state index in [1.807, 2.05) is 0 Å². The minimum absolute atomic E-state index is 0.0862. The molecule has 1 saturated carbocycles. The predicted octanol–water partition coefficient (Wildman–Crippen LogP) is 2.71. The maximum Gasteiger partial charge on any atom is 0.330 e. The van der Waals surface area contributed by atoms with Crippen molar-refractivity contribution >= 4 is 29.8 Å². The summed E-state index contributed by atoms with van der Waals surface area (Å²) >= 11 is 0. The van der Waals surface area contributed by atoms with Gasteiger partial charge in [0.2, 0.25) is 0 Å². The quantitative estimate of drug-likeness (QED) is 0.130. The largest absolute Gasteiger partial charge is 0.469 e. The van der Waals surface area contributed by atoms with Gasteiger partial charge < -0.3 is 23.7 Å². The van der Waals surface area contributed by atoms with Crippen LogP contribution in [0.4, 0.5) is 0 Å². The van der Waals surface area contributed by atoms with E-state index in [1.165, 1.54) is 7.11 Å². The van der Waals surface area contributed by atoms with Gasteiger partial charge in [0.1, 0.15) is 19.0 Å². The molecule has 10 heteroatoms. The van der Waals surface area contributed by atoms with Crippen molar-refractivity contribution in [1.29, 1.82) is 0 Å². The third kappa shape index (κ3) is 10.3. The molecule has 0 amide bonds. The van der Waals surface area contributed by atoms with Gasteiger partial charge in [-0.2, -0.15) is 0 Å². The van der Waals surface area contributed by atoms with Crippen LogP contribution >= 0.6 is 0 Å². The van der Waals surface area contributed by atoms with Crippen LogP contribution in [-0.4, -0.2) is 56.8 Å². The summed E-state index contributed by atoms with van der Waals surface area (Å²) in [5, 5.41) is 0. The third-order valence-corrected chi connectivity index (χ3v) is 5.68. The van der Waals surface area contributed by atoms with E-state index in [0.29, 0.717) is 37.9 Å². The third-order valence-electron chi connectivity index (χ3n) is 5.68. The van der Waals surface area contributed by atoms with Gasteiger partial charge in [-0.15, -0.1) is 0 Å². The van der Waals surface area contributed by atoms with E-state index in [2.05, 4.69) is 11.3 Å². The number of methoxy groups -OCH3 is 1. The molecule has 0 heterocycles. The fraction of sp³-hybridized carbons (Fsp3) is 0.500. The van der Waals surface area contributed by atoms with Gasteiger partial charge in [0.15, 0.2) is 0 Å². The van der Waals surface area contributed by atoms with Gasteiger partial charge in [0.25, 0.3) is 0 Å². The molecular formula is C26H32O10. The molecule has 0 atom stereocenters. The molecule has 0 spiro atoms. The highest BCUT2D eigenvalue weighted by Crippen LogP contribution is 2.30. The Bertz CT molecular complexity index is 913. The molecule has 0 radical (unpaired) electrons. The smallest absolute Gasteiger partial charge is 0.330 e. The van der Waals surface area contributed by atoms with Crippen LogP contribution in [0.15, 0.2) is 36.9 Å². The normalized spacial score (nSPS) is 16.8. The van der Waals surface area contributed by atoms with Crippen LogP contribution in [0.25, 0.3) is 0 Å². The van der Waals surface area contributed by atoms with Crippen LogP contribution < -0.4 is 4.74 Å². The van der Waals surface area contributed by atoms with E-state index < -0.39 is 17.9 Å². The van der Waals surface area contributed by atoms with Gasteiger partial charge in [-0.3, -0.25) is 19.2 Å². The topological polar surface area (TPSA) is 132 Å². The van der Waals surface area contributed by atoms with Crippen molar-refractivity contribution in [2.45, 2.75) is 44.9 Å². The van der Waals surface area contributed by atoms with Crippen molar-refractivity contribution < 1.29 is 47.7 Å². The summed E-state index contributed by atoms with van der Waals surface area (Å²) in [5.41, 5.74) is 0.884. The van der Waals surface area contributed by atoms with Crippen LogP contribution in [0.3, 0.4) is 0 Å². The Hall–Kier alpha value is -3.69. The lowest BCUT2D eigenvalue weighted by Crippen LogP contribution is -2.29. The Balaban J connectivity index is 1.60. The first-order valence-electron chi connectivity index (χ1n) is 11.8. The molecule has 196 valence electrons. The molecule has 2 rings (SSSR count). The SMILES string of the molecule is C=CC(=O)OCCOC(=O)CCC(=O)OCCc1ccc(OC(=O)C2CCC(C(=O)OC)CC2)cc1. The van der Waals surface area contributed by atoms with E-state index in [4.69, 9.17) is 18.9 Å². The molecule has 0 bridgehead atoms. The second-order valence-corrected chi connectivity index (χ2v) is 8.20. The summed E-state index contributed by atoms with van der Waals surface area (Å²) < 4.78 is 24.9.